The lowest BCUT2D eigenvalue weighted by molar-refractivity contribution is 0.0656. The van der Waals surface area contributed by atoms with Gasteiger partial charge >= 0.3 is 18.3 Å². The van der Waals surface area contributed by atoms with E-state index >= 15 is 0 Å². The summed E-state index contributed by atoms with van der Waals surface area (Å²) in [5.74, 6) is 0. The number of hydrogen-bond donors (Lipinski definition) is 3. The van der Waals surface area contributed by atoms with Gasteiger partial charge in [-0.2, -0.15) is 0 Å². The summed E-state index contributed by atoms with van der Waals surface area (Å²) in [6, 6.07) is 26.6. The molecule has 0 saturated heterocycles. The summed E-state index contributed by atoms with van der Waals surface area (Å²) in [7, 11) is 0. The Morgan fingerprint density at radius 3 is 1.26 bits per heavy atom. The molecule has 3 aromatic rings. The van der Waals surface area contributed by atoms with Gasteiger partial charge in [0.2, 0.25) is 0 Å². The van der Waals surface area contributed by atoms with Crippen LogP contribution >= 0.6 is 0 Å². The van der Waals surface area contributed by atoms with Crippen molar-refractivity contribution < 1.29 is 28.6 Å². The SMILES string of the molecule is O=C(Nc1ccccc1)OCCC(CCOC(=O)Nc1ccccc1)OC(=O)Nc1ccccc1. The van der Waals surface area contributed by atoms with E-state index in [0.717, 1.165) is 0 Å². The normalized spacial score (nSPS) is 10.2. The molecule has 0 aliphatic carbocycles. The Hall–Kier alpha value is -4.53. The number of para-hydroxylation sites is 3. The van der Waals surface area contributed by atoms with Gasteiger partial charge in [-0.25, -0.2) is 14.4 Å². The summed E-state index contributed by atoms with van der Waals surface area (Å²) in [5, 5.41) is 7.86. The average molecular weight is 478 g/mol. The van der Waals surface area contributed by atoms with Crippen LogP contribution in [0.5, 0.6) is 0 Å². The number of carbonyl (C=O) groups is 3. The standard InChI is InChI=1S/C26H27N3O6/c30-24(27-20-10-4-1-5-11-20)33-18-16-23(35-26(32)29-22-14-8-3-9-15-22)17-19-34-25(31)28-21-12-6-2-7-13-21/h1-15,23H,16-19H2,(H,27,30)(H,28,31)(H,29,32). The molecule has 3 aromatic carbocycles. The van der Waals surface area contributed by atoms with E-state index in [1.807, 2.05) is 18.2 Å². The lowest BCUT2D eigenvalue weighted by atomic mass is 10.2. The van der Waals surface area contributed by atoms with Crippen LogP contribution in [0, 0.1) is 0 Å². The van der Waals surface area contributed by atoms with Gasteiger partial charge in [-0.15, -0.1) is 0 Å². The first-order valence-corrected chi connectivity index (χ1v) is 11.1. The zero-order valence-corrected chi connectivity index (χ0v) is 19.0. The van der Waals surface area contributed by atoms with Gasteiger partial charge in [-0.1, -0.05) is 54.6 Å². The molecule has 0 aromatic heterocycles. The molecule has 0 saturated carbocycles. The summed E-state index contributed by atoms with van der Waals surface area (Å²) in [5.41, 5.74) is 1.78. The first kappa shape index (κ1) is 25.1. The minimum atomic E-state index is -0.663. The number of benzene rings is 3. The molecule has 0 heterocycles. The maximum Gasteiger partial charge on any atom is 0.411 e. The number of rotatable bonds is 10. The third kappa shape index (κ3) is 9.87. The van der Waals surface area contributed by atoms with Crippen LogP contribution in [-0.4, -0.2) is 37.6 Å². The van der Waals surface area contributed by atoms with E-state index in [4.69, 9.17) is 14.2 Å². The van der Waals surface area contributed by atoms with Gasteiger partial charge in [0.1, 0.15) is 6.10 Å². The molecular weight excluding hydrogens is 450 g/mol. The van der Waals surface area contributed by atoms with E-state index in [1.165, 1.54) is 0 Å². The summed E-state index contributed by atoms with van der Waals surface area (Å²) >= 11 is 0. The Labute approximate surface area is 203 Å². The third-order valence-electron chi connectivity index (χ3n) is 4.68. The Kier molecular flexibility index (Phi) is 9.96. The van der Waals surface area contributed by atoms with Crippen molar-refractivity contribution in [2.75, 3.05) is 29.2 Å². The molecular formula is C26H27N3O6. The molecule has 3 rings (SSSR count). The number of anilines is 3. The highest BCUT2D eigenvalue weighted by molar-refractivity contribution is 5.85. The minimum Gasteiger partial charge on any atom is -0.449 e. The fourth-order valence-electron chi connectivity index (χ4n) is 3.00. The second-order valence-corrected chi connectivity index (χ2v) is 7.35. The van der Waals surface area contributed by atoms with Gasteiger partial charge in [0.25, 0.3) is 0 Å². The monoisotopic (exact) mass is 477 g/mol. The van der Waals surface area contributed by atoms with Crippen molar-refractivity contribution in [1.82, 2.24) is 0 Å². The summed E-state index contributed by atoms with van der Waals surface area (Å²) in [6.07, 6.45) is -2.14. The predicted octanol–water partition coefficient (Wildman–Crippen LogP) is 5.88. The van der Waals surface area contributed by atoms with Gasteiger partial charge < -0.3 is 14.2 Å². The van der Waals surface area contributed by atoms with Crippen LogP contribution in [0.15, 0.2) is 91.0 Å². The molecule has 0 bridgehead atoms. The Morgan fingerprint density at radius 2 is 0.886 bits per heavy atom. The van der Waals surface area contributed by atoms with E-state index in [0.29, 0.717) is 17.1 Å². The molecule has 35 heavy (non-hydrogen) atoms. The van der Waals surface area contributed by atoms with Crippen LogP contribution in [0.4, 0.5) is 31.4 Å². The zero-order chi connectivity index (χ0) is 24.7. The maximum atomic E-state index is 12.3. The molecule has 0 fully saturated rings. The summed E-state index contributed by atoms with van der Waals surface area (Å²) < 4.78 is 15.9. The highest BCUT2D eigenvalue weighted by Crippen LogP contribution is 2.12. The van der Waals surface area contributed by atoms with E-state index in [9.17, 15) is 14.4 Å². The van der Waals surface area contributed by atoms with Crippen molar-refractivity contribution in [3.8, 4) is 0 Å². The van der Waals surface area contributed by atoms with Crippen LogP contribution in [0.3, 0.4) is 0 Å². The number of amides is 3. The van der Waals surface area contributed by atoms with Crippen molar-refractivity contribution in [3.63, 3.8) is 0 Å². The van der Waals surface area contributed by atoms with E-state index in [-0.39, 0.29) is 26.1 Å². The lowest BCUT2D eigenvalue weighted by Gasteiger charge is -2.18. The zero-order valence-electron chi connectivity index (χ0n) is 19.0. The Bertz CT molecular complexity index is 1000. The van der Waals surface area contributed by atoms with Gasteiger partial charge in [-0.3, -0.25) is 16.0 Å². The number of nitrogens with one attached hydrogen (secondary N) is 3. The minimum absolute atomic E-state index is 0.00182. The lowest BCUT2D eigenvalue weighted by Crippen LogP contribution is -2.27. The Morgan fingerprint density at radius 1 is 0.543 bits per heavy atom. The van der Waals surface area contributed by atoms with E-state index in [2.05, 4.69) is 16.0 Å². The summed E-state index contributed by atoms with van der Waals surface area (Å²) in [6.45, 7) is -0.00365. The number of carbonyl (C=O) groups excluding carboxylic acids is 3. The van der Waals surface area contributed by atoms with Gasteiger partial charge in [0, 0.05) is 29.9 Å². The molecule has 0 unspecified atom stereocenters. The molecule has 3 amide bonds. The second kappa shape index (κ2) is 13.9. The van der Waals surface area contributed by atoms with Crippen LogP contribution < -0.4 is 16.0 Å². The van der Waals surface area contributed by atoms with Gasteiger partial charge in [-0.05, 0) is 36.4 Å². The van der Waals surface area contributed by atoms with Crippen LogP contribution in [0.25, 0.3) is 0 Å². The van der Waals surface area contributed by atoms with Crippen molar-refractivity contribution in [2.24, 2.45) is 0 Å². The molecule has 0 aliphatic heterocycles. The fourth-order valence-corrected chi connectivity index (χ4v) is 3.00. The molecule has 0 aliphatic rings. The third-order valence-corrected chi connectivity index (χ3v) is 4.68. The van der Waals surface area contributed by atoms with E-state index < -0.39 is 24.4 Å². The molecule has 9 nitrogen and oxygen atoms in total. The van der Waals surface area contributed by atoms with Crippen molar-refractivity contribution >= 4 is 35.3 Å². The van der Waals surface area contributed by atoms with Crippen molar-refractivity contribution in [2.45, 2.75) is 18.9 Å². The van der Waals surface area contributed by atoms with Crippen molar-refractivity contribution in [1.29, 1.82) is 0 Å². The topological polar surface area (TPSA) is 115 Å². The number of hydrogen-bond acceptors (Lipinski definition) is 6. The highest BCUT2D eigenvalue weighted by atomic mass is 16.6. The average Bonchev–Trinajstić information content (AvgIpc) is 2.85. The highest BCUT2D eigenvalue weighted by Gasteiger charge is 2.17. The maximum absolute atomic E-state index is 12.3. The van der Waals surface area contributed by atoms with Crippen LogP contribution in [0.2, 0.25) is 0 Å². The van der Waals surface area contributed by atoms with Crippen molar-refractivity contribution in [3.05, 3.63) is 91.0 Å². The van der Waals surface area contributed by atoms with Crippen LogP contribution in [0.1, 0.15) is 12.8 Å². The van der Waals surface area contributed by atoms with E-state index in [1.54, 1.807) is 72.8 Å². The molecule has 182 valence electrons. The fraction of sp³-hybridized carbons (Fsp3) is 0.192. The Balaban J connectivity index is 1.47. The molecule has 0 spiro atoms. The summed E-state index contributed by atoms with van der Waals surface area (Å²) in [4.78, 5) is 36.3. The first-order valence-electron chi connectivity index (χ1n) is 11.1. The molecule has 0 radical (unpaired) electrons. The van der Waals surface area contributed by atoms with Gasteiger partial charge in [0.15, 0.2) is 0 Å². The second-order valence-electron chi connectivity index (χ2n) is 7.35. The largest absolute Gasteiger partial charge is 0.449 e. The number of ether oxygens (including phenoxy) is 3. The first-order chi connectivity index (χ1) is 17.1. The van der Waals surface area contributed by atoms with Gasteiger partial charge in [0.05, 0.1) is 13.2 Å². The predicted molar refractivity (Wildman–Crippen MR) is 132 cm³/mol. The molecule has 0 atom stereocenters. The van der Waals surface area contributed by atoms with Crippen LogP contribution in [-0.2, 0) is 14.2 Å². The molecule has 3 N–H and O–H groups in total. The smallest absolute Gasteiger partial charge is 0.411 e. The quantitative estimate of drug-likeness (QED) is 0.314. The molecule has 9 heteroatoms.